The molecule has 3 rings (SSSR count). The van der Waals surface area contributed by atoms with Crippen LogP contribution >= 0.6 is 0 Å². The third kappa shape index (κ3) is 1.54. The maximum absolute atomic E-state index is 11.6. The zero-order valence-corrected chi connectivity index (χ0v) is 9.62. The summed E-state index contributed by atoms with van der Waals surface area (Å²) in [7, 11) is 0. The van der Waals surface area contributed by atoms with Gasteiger partial charge in [0.1, 0.15) is 16.7 Å². The first kappa shape index (κ1) is 11.2. The predicted octanol–water partition coefficient (Wildman–Crippen LogP) is 2.59. The number of rotatable bonds is 2. The van der Waals surface area contributed by atoms with Gasteiger partial charge in [-0.15, -0.1) is 0 Å². The second-order valence-electron chi connectivity index (χ2n) is 4.05. The van der Waals surface area contributed by atoms with Gasteiger partial charge in [0, 0.05) is 16.8 Å². The minimum Gasteiger partial charge on any atom is -0.456 e. The highest BCUT2D eigenvalue weighted by atomic mass is 16.6. The molecule has 0 aliphatic rings. The van der Waals surface area contributed by atoms with Gasteiger partial charge in [-0.1, -0.05) is 18.2 Å². The first-order valence-electron chi connectivity index (χ1n) is 5.48. The van der Waals surface area contributed by atoms with Crippen molar-refractivity contribution in [2.45, 2.75) is 0 Å². The Morgan fingerprint density at radius 3 is 2.58 bits per heavy atom. The van der Waals surface area contributed by atoms with Crippen LogP contribution in [0.1, 0.15) is 10.4 Å². The number of hydrogen-bond acceptors (Lipinski definition) is 4. The first-order valence-corrected chi connectivity index (χ1v) is 5.48. The van der Waals surface area contributed by atoms with Crippen molar-refractivity contribution >= 4 is 33.5 Å². The number of benzene rings is 2. The van der Waals surface area contributed by atoms with E-state index in [9.17, 15) is 14.9 Å². The third-order valence-corrected chi connectivity index (χ3v) is 2.96. The number of nitro benzene ring substituents is 1. The van der Waals surface area contributed by atoms with Crippen LogP contribution in [0.2, 0.25) is 0 Å². The van der Waals surface area contributed by atoms with Gasteiger partial charge in [0.15, 0.2) is 0 Å². The number of carbonyl (C=O) groups is 1. The van der Waals surface area contributed by atoms with E-state index in [2.05, 4.69) is 0 Å². The van der Waals surface area contributed by atoms with E-state index >= 15 is 0 Å². The molecule has 0 aliphatic carbocycles. The standard InChI is InChI=1S/C13H8N2O4/c14-13(16)12-8(15(17)18)5-6-10-11(12)7-3-1-2-4-9(7)19-10/h1-6H,(H2,14,16). The highest BCUT2D eigenvalue weighted by Crippen LogP contribution is 2.35. The van der Waals surface area contributed by atoms with E-state index in [-0.39, 0.29) is 11.3 Å². The zero-order valence-electron chi connectivity index (χ0n) is 9.62. The van der Waals surface area contributed by atoms with Crippen molar-refractivity contribution in [1.29, 1.82) is 0 Å². The molecule has 0 saturated carbocycles. The SMILES string of the molecule is NC(=O)c1c([N+](=O)[O-])ccc2oc3ccccc3c12. The predicted molar refractivity (Wildman–Crippen MR) is 68.9 cm³/mol. The van der Waals surface area contributed by atoms with Gasteiger partial charge in [0.2, 0.25) is 0 Å². The van der Waals surface area contributed by atoms with E-state index < -0.39 is 10.8 Å². The molecule has 0 atom stereocenters. The number of primary amides is 1. The molecule has 1 amide bonds. The lowest BCUT2D eigenvalue weighted by atomic mass is 10.0. The first-order chi connectivity index (χ1) is 9.09. The van der Waals surface area contributed by atoms with Crippen LogP contribution in [-0.4, -0.2) is 10.8 Å². The van der Waals surface area contributed by atoms with Crippen LogP contribution in [-0.2, 0) is 0 Å². The number of furan rings is 1. The molecular weight excluding hydrogens is 248 g/mol. The number of hydrogen-bond donors (Lipinski definition) is 1. The van der Waals surface area contributed by atoms with Gasteiger partial charge in [0.25, 0.3) is 11.6 Å². The average molecular weight is 256 g/mol. The van der Waals surface area contributed by atoms with Crippen LogP contribution in [0, 0.1) is 10.1 Å². The summed E-state index contributed by atoms with van der Waals surface area (Å²) >= 11 is 0. The summed E-state index contributed by atoms with van der Waals surface area (Å²) in [5.74, 6) is -0.844. The monoisotopic (exact) mass is 256 g/mol. The second-order valence-corrected chi connectivity index (χ2v) is 4.05. The van der Waals surface area contributed by atoms with Gasteiger partial charge in [0.05, 0.1) is 4.92 Å². The molecule has 1 aromatic heterocycles. The Bertz CT molecular complexity index is 835. The maximum atomic E-state index is 11.6. The van der Waals surface area contributed by atoms with Crippen LogP contribution in [0.25, 0.3) is 21.9 Å². The Kier molecular flexibility index (Phi) is 2.25. The molecule has 0 spiro atoms. The van der Waals surface area contributed by atoms with Crippen LogP contribution in [0.15, 0.2) is 40.8 Å². The summed E-state index contributed by atoms with van der Waals surface area (Å²) in [5.41, 5.74) is 5.81. The Hall–Kier alpha value is -2.89. The molecule has 6 nitrogen and oxygen atoms in total. The minimum atomic E-state index is -0.844. The molecule has 3 aromatic rings. The highest BCUT2D eigenvalue weighted by molar-refractivity contribution is 6.18. The van der Waals surface area contributed by atoms with E-state index in [1.165, 1.54) is 12.1 Å². The smallest absolute Gasteiger partial charge is 0.283 e. The van der Waals surface area contributed by atoms with Gasteiger partial charge in [-0.2, -0.15) is 0 Å². The second kappa shape index (κ2) is 3.81. The van der Waals surface area contributed by atoms with E-state index in [4.69, 9.17) is 10.2 Å². The number of nitro groups is 1. The summed E-state index contributed by atoms with van der Waals surface area (Å²) in [6.45, 7) is 0. The van der Waals surface area contributed by atoms with Crippen LogP contribution < -0.4 is 5.73 Å². The lowest BCUT2D eigenvalue weighted by Gasteiger charge is -2.00. The van der Waals surface area contributed by atoms with Crippen molar-refractivity contribution < 1.29 is 14.1 Å². The number of nitrogens with zero attached hydrogens (tertiary/aromatic N) is 1. The lowest BCUT2D eigenvalue weighted by molar-refractivity contribution is -0.385. The van der Waals surface area contributed by atoms with Crippen molar-refractivity contribution in [3.05, 3.63) is 52.1 Å². The highest BCUT2D eigenvalue weighted by Gasteiger charge is 2.24. The van der Waals surface area contributed by atoms with Crippen molar-refractivity contribution in [1.82, 2.24) is 0 Å². The van der Waals surface area contributed by atoms with E-state index in [0.717, 1.165) is 0 Å². The Balaban J connectivity index is 2.57. The third-order valence-electron chi connectivity index (χ3n) is 2.96. The summed E-state index contributed by atoms with van der Waals surface area (Å²) < 4.78 is 5.55. The minimum absolute atomic E-state index is 0.118. The topological polar surface area (TPSA) is 99.4 Å². The normalized spacial score (nSPS) is 10.9. The molecule has 2 aromatic carbocycles. The van der Waals surface area contributed by atoms with Crippen molar-refractivity contribution in [2.75, 3.05) is 0 Å². The van der Waals surface area contributed by atoms with Crippen LogP contribution in [0.4, 0.5) is 5.69 Å². The van der Waals surface area contributed by atoms with Gasteiger partial charge >= 0.3 is 0 Å². The fourth-order valence-electron chi connectivity index (χ4n) is 2.21. The molecule has 6 heteroatoms. The molecule has 0 aliphatic heterocycles. The quantitative estimate of drug-likeness (QED) is 0.562. The summed E-state index contributed by atoms with van der Waals surface area (Å²) in [6.07, 6.45) is 0. The Morgan fingerprint density at radius 2 is 1.89 bits per heavy atom. The number of amides is 1. The molecule has 0 fully saturated rings. The van der Waals surface area contributed by atoms with Crippen molar-refractivity contribution in [3.63, 3.8) is 0 Å². The average Bonchev–Trinajstić information content (AvgIpc) is 2.75. The van der Waals surface area contributed by atoms with Crippen LogP contribution in [0.3, 0.4) is 0 Å². The molecule has 2 N–H and O–H groups in total. The van der Waals surface area contributed by atoms with Gasteiger partial charge < -0.3 is 10.2 Å². The summed E-state index contributed by atoms with van der Waals surface area (Å²) in [4.78, 5) is 21.9. The van der Waals surface area contributed by atoms with E-state index in [1.54, 1.807) is 24.3 Å². The molecule has 0 radical (unpaired) electrons. The van der Waals surface area contributed by atoms with Gasteiger partial charge in [-0.05, 0) is 12.1 Å². The molecule has 94 valence electrons. The largest absolute Gasteiger partial charge is 0.456 e. The fourth-order valence-corrected chi connectivity index (χ4v) is 2.21. The summed E-state index contributed by atoms with van der Waals surface area (Å²) in [5, 5.41) is 12.0. The number of carbonyl (C=O) groups excluding carboxylic acids is 1. The van der Waals surface area contributed by atoms with Crippen molar-refractivity contribution in [3.8, 4) is 0 Å². The number of nitrogens with two attached hydrogens (primary N) is 1. The van der Waals surface area contributed by atoms with E-state index in [1.807, 2.05) is 0 Å². The number of para-hydroxylation sites is 1. The maximum Gasteiger partial charge on any atom is 0.283 e. The lowest BCUT2D eigenvalue weighted by Crippen LogP contribution is -2.13. The molecule has 0 saturated heterocycles. The molecule has 1 heterocycles. The van der Waals surface area contributed by atoms with Gasteiger partial charge in [-0.25, -0.2) is 0 Å². The van der Waals surface area contributed by atoms with E-state index in [0.29, 0.717) is 21.9 Å². The molecule has 0 unspecified atom stereocenters. The Labute approximate surface area is 106 Å². The molecule has 19 heavy (non-hydrogen) atoms. The zero-order chi connectivity index (χ0) is 13.6. The fraction of sp³-hybridized carbons (Fsp3) is 0. The molecule has 0 bridgehead atoms. The number of fused-ring (bicyclic) bond motifs is 3. The van der Waals surface area contributed by atoms with Gasteiger partial charge in [-0.3, -0.25) is 14.9 Å². The Morgan fingerprint density at radius 1 is 1.16 bits per heavy atom. The molecular formula is C13H8N2O4. The van der Waals surface area contributed by atoms with Crippen LogP contribution in [0.5, 0.6) is 0 Å². The summed E-state index contributed by atoms with van der Waals surface area (Å²) in [6, 6.07) is 9.71. The van der Waals surface area contributed by atoms with Crippen molar-refractivity contribution in [2.24, 2.45) is 5.73 Å².